The van der Waals surface area contributed by atoms with Crippen molar-refractivity contribution in [2.24, 2.45) is 5.73 Å². The van der Waals surface area contributed by atoms with Gasteiger partial charge in [-0.25, -0.2) is 0 Å². The van der Waals surface area contributed by atoms with E-state index in [-0.39, 0.29) is 12.2 Å². The minimum atomic E-state index is -1.16. The first-order valence-electron chi connectivity index (χ1n) is 4.46. The van der Waals surface area contributed by atoms with Crippen LogP contribution in [0.5, 0.6) is 5.75 Å². The van der Waals surface area contributed by atoms with Crippen LogP contribution in [-0.2, 0) is 4.79 Å². The summed E-state index contributed by atoms with van der Waals surface area (Å²) >= 11 is 0. The molecular weight excluding hydrogens is 198 g/mol. The first kappa shape index (κ1) is 11.5. The summed E-state index contributed by atoms with van der Waals surface area (Å²) < 4.78 is 0. The van der Waals surface area contributed by atoms with Crippen LogP contribution in [0.1, 0.15) is 18.1 Å². The second-order valence-electron chi connectivity index (χ2n) is 3.29. The molecule has 5 nitrogen and oxygen atoms in total. The van der Waals surface area contributed by atoms with Gasteiger partial charge < -0.3 is 21.1 Å². The molecule has 0 saturated heterocycles. The van der Waals surface area contributed by atoms with Gasteiger partial charge in [0.25, 0.3) is 0 Å². The summed E-state index contributed by atoms with van der Waals surface area (Å²) in [6, 6.07) is 4.90. The molecule has 0 heterocycles. The Bertz CT molecular complexity index is 353. The summed E-state index contributed by atoms with van der Waals surface area (Å²) in [4.78, 5) is 10.4. The van der Waals surface area contributed by atoms with Crippen LogP contribution in [0.4, 0.5) is 0 Å². The number of phenols is 1. The van der Waals surface area contributed by atoms with Gasteiger partial charge in [0, 0.05) is 6.42 Å². The standard InChI is InChI=1S/C10H13NO4/c11-8(10(14)15)5-9(13)6-2-1-3-7(12)4-6/h1-4,8-9,12-13H,5,11H2,(H,14,15)/t8-,9?/m1/s1. The normalized spacial score (nSPS) is 14.5. The quantitative estimate of drug-likeness (QED) is 0.570. The van der Waals surface area contributed by atoms with E-state index in [1.165, 1.54) is 12.1 Å². The van der Waals surface area contributed by atoms with Crippen molar-refractivity contribution in [1.29, 1.82) is 0 Å². The molecule has 0 aliphatic heterocycles. The molecule has 15 heavy (non-hydrogen) atoms. The van der Waals surface area contributed by atoms with E-state index in [9.17, 15) is 9.90 Å². The second-order valence-corrected chi connectivity index (χ2v) is 3.29. The summed E-state index contributed by atoms with van der Waals surface area (Å²) in [5.74, 6) is -1.13. The molecule has 0 saturated carbocycles. The zero-order chi connectivity index (χ0) is 11.4. The molecule has 1 unspecified atom stereocenters. The SMILES string of the molecule is N[C@H](CC(O)c1cccc(O)c1)C(=O)O. The Balaban J connectivity index is 2.68. The highest BCUT2D eigenvalue weighted by Crippen LogP contribution is 2.21. The van der Waals surface area contributed by atoms with E-state index >= 15 is 0 Å². The zero-order valence-electron chi connectivity index (χ0n) is 8.00. The topological polar surface area (TPSA) is 104 Å². The van der Waals surface area contributed by atoms with Crippen molar-refractivity contribution >= 4 is 5.97 Å². The number of hydrogen-bond donors (Lipinski definition) is 4. The van der Waals surface area contributed by atoms with Gasteiger partial charge in [-0.2, -0.15) is 0 Å². The van der Waals surface area contributed by atoms with Crippen LogP contribution >= 0.6 is 0 Å². The smallest absolute Gasteiger partial charge is 0.320 e. The molecule has 0 amide bonds. The molecule has 1 aromatic carbocycles. The highest BCUT2D eigenvalue weighted by molar-refractivity contribution is 5.73. The average molecular weight is 211 g/mol. The Labute approximate surface area is 86.8 Å². The second kappa shape index (κ2) is 4.77. The van der Waals surface area contributed by atoms with Crippen LogP contribution in [0.3, 0.4) is 0 Å². The van der Waals surface area contributed by atoms with Crippen molar-refractivity contribution in [2.75, 3.05) is 0 Å². The van der Waals surface area contributed by atoms with Crippen molar-refractivity contribution in [2.45, 2.75) is 18.6 Å². The number of phenolic OH excluding ortho intramolecular Hbond substituents is 1. The van der Waals surface area contributed by atoms with E-state index < -0.39 is 18.1 Å². The fourth-order valence-electron chi connectivity index (χ4n) is 1.21. The van der Waals surface area contributed by atoms with E-state index in [0.717, 1.165) is 0 Å². The molecule has 5 N–H and O–H groups in total. The predicted molar refractivity (Wildman–Crippen MR) is 53.3 cm³/mol. The van der Waals surface area contributed by atoms with Crippen molar-refractivity contribution < 1.29 is 20.1 Å². The maximum Gasteiger partial charge on any atom is 0.320 e. The lowest BCUT2D eigenvalue weighted by atomic mass is 10.0. The lowest BCUT2D eigenvalue weighted by Gasteiger charge is -2.13. The molecule has 0 bridgehead atoms. The van der Waals surface area contributed by atoms with Crippen LogP contribution in [0, 0.1) is 0 Å². The first-order chi connectivity index (χ1) is 7.00. The Morgan fingerprint density at radius 1 is 1.47 bits per heavy atom. The van der Waals surface area contributed by atoms with Crippen molar-refractivity contribution in [3.05, 3.63) is 29.8 Å². The number of rotatable bonds is 4. The van der Waals surface area contributed by atoms with E-state index in [0.29, 0.717) is 5.56 Å². The molecule has 0 spiro atoms. The lowest BCUT2D eigenvalue weighted by molar-refractivity contribution is -0.139. The fourth-order valence-corrected chi connectivity index (χ4v) is 1.21. The third-order valence-electron chi connectivity index (χ3n) is 2.05. The minimum absolute atomic E-state index is 0.0236. The van der Waals surface area contributed by atoms with Gasteiger partial charge in [0.15, 0.2) is 0 Å². The number of hydrogen-bond acceptors (Lipinski definition) is 4. The maximum absolute atomic E-state index is 10.4. The third-order valence-corrected chi connectivity index (χ3v) is 2.05. The van der Waals surface area contributed by atoms with Gasteiger partial charge >= 0.3 is 5.97 Å². The van der Waals surface area contributed by atoms with Gasteiger partial charge in [0.05, 0.1) is 6.10 Å². The Hall–Kier alpha value is -1.59. The number of carbonyl (C=O) groups is 1. The molecule has 1 rings (SSSR count). The van der Waals surface area contributed by atoms with Gasteiger partial charge in [0.1, 0.15) is 11.8 Å². The van der Waals surface area contributed by atoms with Crippen molar-refractivity contribution in [1.82, 2.24) is 0 Å². The zero-order valence-corrected chi connectivity index (χ0v) is 8.00. The highest BCUT2D eigenvalue weighted by atomic mass is 16.4. The molecule has 82 valence electrons. The van der Waals surface area contributed by atoms with Crippen LogP contribution in [0.15, 0.2) is 24.3 Å². The maximum atomic E-state index is 10.4. The Kier molecular flexibility index (Phi) is 3.65. The summed E-state index contributed by atoms with van der Waals surface area (Å²) in [7, 11) is 0. The average Bonchev–Trinajstić information content (AvgIpc) is 2.17. The third kappa shape index (κ3) is 3.23. The van der Waals surface area contributed by atoms with Gasteiger partial charge in [0.2, 0.25) is 0 Å². The summed E-state index contributed by atoms with van der Waals surface area (Å²) in [5.41, 5.74) is 5.72. The summed E-state index contributed by atoms with van der Waals surface area (Å²) in [6.07, 6.45) is -1.07. The largest absolute Gasteiger partial charge is 0.508 e. The molecule has 2 atom stereocenters. The van der Waals surface area contributed by atoms with E-state index in [4.69, 9.17) is 15.9 Å². The van der Waals surface area contributed by atoms with Gasteiger partial charge in [-0.1, -0.05) is 12.1 Å². The molecule has 0 aliphatic rings. The first-order valence-corrected chi connectivity index (χ1v) is 4.46. The van der Waals surface area contributed by atoms with E-state index in [1.807, 2.05) is 0 Å². The number of aliphatic hydroxyl groups is 1. The van der Waals surface area contributed by atoms with E-state index in [1.54, 1.807) is 12.1 Å². The van der Waals surface area contributed by atoms with Crippen LogP contribution in [-0.4, -0.2) is 27.3 Å². The number of aliphatic carboxylic acids is 1. The number of carboxylic acid groups (broad SMARTS) is 1. The van der Waals surface area contributed by atoms with Gasteiger partial charge in [-0.05, 0) is 17.7 Å². The van der Waals surface area contributed by atoms with Gasteiger partial charge in [-0.3, -0.25) is 4.79 Å². The molecular formula is C10H13NO4. The molecule has 0 fully saturated rings. The van der Waals surface area contributed by atoms with Gasteiger partial charge in [-0.15, -0.1) is 0 Å². The molecule has 1 aromatic rings. The lowest BCUT2D eigenvalue weighted by Crippen LogP contribution is -2.31. The number of nitrogens with two attached hydrogens (primary N) is 1. The summed E-state index contributed by atoms with van der Waals surface area (Å²) in [6.45, 7) is 0. The number of aliphatic hydroxyl groups excluding tert-OH is 1. The van der Waals surface area contributed by atoms with E-state index in [2.05, 4.69) is 0 Å². The number of aromatic hydroxyl groups is 1. The van der Waals surface area contributed by atoms with Crippen LogP contribution < -0.4 is 5.73 Å². The summed E-state index contributed by atoms with van der Waals surface area (Å²) in [5, 5.41) is 27.3. The number of benzene rings is 1. The molecule has 5 heteroatoms. The van der Waals surface area contributed by atoms with Crippen molar-refractivity contribution in [3.8, 4) is 5.75 Å². The molecule has 0 radical (unpaired) electrons. The van der Waals surface area contributed by atoms with Crippen LogP contribution in [0.25, 0.3) is 0 Å². The monoisotopic (exact) mass is 211 g/mol. The Morgan fingerprint density at radius 3 is 2.67 bits per heavy atom. The number of carboxylic acids is 1. The Morgan fingerprint density at radius 2 is 2.13 bits per heavy atom. The van der Waals surface area contributed by atoms with Crippen molar-refractivity contribution in [3.63, 3.8) is 0 Å². The van der Waals surface area contributed by atoms with Crippen LogP contribution in [0.2, 0.25) is 0 Å². The minimum Gasteiger partial charge on any atom is -0.508 e. The predicted octanol–water partition coefficient (Wildman–Crippen LogP) is 0.228. The molecule has 0 aromatic heterocycles. The fraction of sp³-hybridized carbons (Fsp3) is 0.300. The molecule has 0 aliphatic carbocycles. The highest BCUT2D eigenvalue weighted by Gasteiger charge is 2.18.